The summed E-state index contributed by atoms with van der Waals surface area (Å²) in [6.07, 6.45) is 0. The summed E-state index contributed by atoms with van der Waals surface area (Å²) >= 11 is 0. The highest BCUT2D eigenvalue weighted by molar-refractivity contribution is 5.52. The molecule has 0 saturated carbocycles. The zero-order valence-corrected chi connectivity index (χ0v) is 13.0. The summed E-state index contributed by atoms with van der Waals surface area (Å²) in [4.78, 5) is 2.03. The fraction of sp³-hybridized carbons (Fsp3) is 0.294. The molecule has 1 atom stereocenters. The monoisotopic (exact) mass is 286 g/mol. The van der Waals surface area contributed by atoms with E-state index in [0.29, 0.717) is 0 Å². The molecule has 2 aromatic carbocycles. The number of hydrogen-bond acceptors (Lipinski definition) is 4. The fourth-order valence-electron chi connectivity index (χ4n) is 2.19. The van der Waals surface area contributed by atoms with Crippen molar-refractivity contribution in [1.29, 1.82) is 0 Å². The Morgan fingerprint density at radius 3 is 2.33 bits per heavy atom. The smallest absolute Gasteiger partial charge is 0.135 e. The molecule has 0 unspecified atom stereocenters. The van der Waals surface area contributed by atoms with Crippen LogP contribution in [-0.4, -0.2) is 21.2 Å². The molecule has 0 aliphatic rings. The van der Waals surface area contributed by atoms with Crippen LogP contribution in [0.25, 0.3) is 0 Å². The van der Waals surface area contributed by atoms with Crippen LogP contribution in [0.3, 0.4) is 0 Å². The summed E-state index contributed by atoms with van der Waals surface area (Å²) in [6, 6.07) is 13.4. The molecule has 112 valence electrons. The Kier molecular flexibility index (Phi) is 4.70. The molecule has 4 nitrogen and oxygen atoms in total. The summed E-state index contributed by atoms with van der Waals surface area (Å²) in [7, 11) is 5.63. The lowest BCUT2D eigenvalue weighted by Crippen LogP contribution is -2.09. The molecular weight excluding hydrogens is 264 g/mol. The lowest BCUT2D eigenvalue weighted by molar-refractivity contribution is 0.397. The van der Waals surface area contributed by atoms with Crippen LogP contribution in [0.1, 0.15) is 18.5 Å². The molecule has 2 aromatic rings. The maximum absolute atomic E-state index is 6.05. The molecule has 0 spiro atoms. The Hall–Kier alpha value is -2.20. The van der Waals surface area contributed by atoms with E-state index in [1.54, 1.807) is 7.11 Å². The van der Waals surface area contributed by atoms with E-state index in [-0.39, 0.29) is 6.04 Å². The number of benzene rings is 2. The zero-order valence-electron chi connectivity index (χ0n) is 13.0. The van der Waals surface area contributed by atoms with Gasteiger partial charge < -0.3 is 20.1 Å². The predicted octanol–water partition coefficient (Wildman–Crippen LogP) is 3.57. The highest BCUT2D eigenvalue weighted by Crippen LogP contribution is 2.36. The van der Waals surface area contributed by atoms with Crippen LogP contribution in [0.2, 0.25) is 0 Å². The van der Waals surface area contributed by atoms with Crippen LogP contribution in [0.4, 0.5) is 5.69 Å². The lowest BCUT2D eigenvalue weighted by atomic mass is 10.1. The molecule has 0 aliphatic carbocycles. The van der Waals surface area contributed by atoms with E-state index in [2.05, 4.69) is 0 Å². The number of ether oxygens (including phenoxy) is 2. The third kappa shape index (κ3) is 3.47. The average Bonchev–Trinajstić information content (AvgIpc) is 2.46. The predicted molar refractivity (Wildman–Crippen MR) is 86.4 cm³/mol. The molecular formula is C17H22N2O2. The van der Waals surface area contributed by atoms with Crippen LogP contribution in [0, 0.1) is 0 Å². The molecule has 0 aromatic heterocycles. The molecule has 2 rings (SSSR count). The standard InChI is InChI=1S/C17H22N2O2/c1-12(18)17-15(20-4)9-6-10-16(17)21-14-8-5-7-13(11-14)19(2)3/h5-12H,18H2,1-4H3/t12-/m1/s1. The quantitative estimate of drug-likeness (QED) is 0.912. The van der Waals surface area contributed by atoms with Crippen LogP contribution in [-0.2, 0) is 0 Å². The number of nitrogens with zero attached hydrogens (tertiary/aromatic N) is 1. The summed E-state index contributed by atoms with van der Waals surface area (Å²) in [5.74, 6) is 2.24. The van der Waals surface area contributed by atoms with Crippen molar-refractivity contribution in [1.82, 2.24) is 0 Å². The Balaban J connectivity index is 2.37. The van der Waals surface area contributed by atoms with Crippen LogP contribution < -0.4 is 20.1 Å². The molecule has 0 aliphatic heterocycles. The van der Waals surface area contributed by atoms with Gasteiger partial charge in [0.05, 0.1) is 12.7 Å². The van der Waals surface area contributed by atoms with E-state index < -0.39 is 0 Å². The van der Waals surface area contributed by atoms with Gasteiger partial charge in [0.15, 0.2) is 0 Å². The summed E-state index contributed by atoms with van der Waals surface area (Å²) in [6.45, 7) is 1.92. The fourth-order valence-corrected chi connectivity index (χ4v) is 2.19. The van der Waals surface area contributed by atoms with Gasteiger partial charge in [0.25, 0.3) is 0 Å². The Morgan fingerprint density at radius 1 is 1.05 bits per heavy atom. The van der Waals surface area contributed by atoms with Gasteiger partial charge in [0.2, 0.25) is 0 Å². The zero-order chi connectivity index (χ0) is 15.4. The molecule has 2 N–H and O–H groups in total. The molecule has 0 heterocycles. The Morgan fingerprint density at radius 2 is 1.71 bits per heavy atom. The lowest BCUT2D eigenvalue weighted by Gasteiger charge is -2.18. The maximum atomic E-state index is 6.05. The normalized spacial score (nSPS) is 11.9. The summed E-state index contributed by atoms with van der Waals surface area (Å²) < 4.78 is 11.4. The van der Waals surface area contributed by atoms with Gasteiger partial charge in [-0.25, -0.2) is 0 Å². The van der Waals surface area contributed by atoms with Crippen LogP contribution in [0.5, 0.6) is 17.2 Å². The van der Waals surface area contributed by atoms with Crippen molar-refractivity contribution in [2.24, 2.45) is 5.73 Å². The maximum Gasteiger partial charge on any atom is 0.135 e. The molecule has 21 heavy (non-hydrogen) atoms. The van der Waals surface area contributed by atoms with Gasteiger partial charge in [-0.2, -0.15) is 0 Å². The number of anilines is 1. The van der Waals surface area contributed by atoms with Crippen molar-refractivity contribution in [3.8, 4) is 17.2 Å². The summed E-state index contributed by atoms with van der Waals surface area (Å²) in [5, 5.41) is 0. The van der Waals surface area contributed by atoms with Gasteiger partial charge >= 0.3 is 0 Å². The number of nitrogens with two attached hydrogens (primary N) is 1. The van der Waals surface area contributed by atoms with Gasteiger partial charge in [-0.1, -0.05) is 12.1 Å². The first-order valence-corrected chi connectivity index (χ1v) is 6.90. The van der Waals surface area contributed by atoms with Gasteiger partial charge in [0.1, 0.15) is 17.2 Å². The Labute approximate surface area is 126 Å². The largest absolute Gasteiger partial charge is 0.496 e. The van der Waals surface area contributed by atoms with Crippen molar-refractivity contribution < 1.29 is 9.47 Å². The van der Waals surface area contributed by atoms with Gasteiger partial charge in [0, 0.05) is 31.9 Å². The highest BCUT2D eigenvalue weighted by atomic mass is 16.5. The topological polar surface area (TPSA) is 47.7 Å². The number of hydrogen-bond donors (Lipinski definition) is 1. The molecule has 0 radical (unpaired) electrons. The van der Waals surface area contributed by atoms with E-state index in [1.807, 2.05) is 68.4 Å². The van der Waals surface area contributed by atoms with E-state index in [0.717, 1.165) is 28.5 Å². The minimum absolute atomic E-state index is 0.173. The second-order valence-electron chi connectivity index (χ2n) is 5.15. The van der Waals surface area contributed by atoms with E-state index in [4.69, 9.17) is 15.2 Å². The SMILES string of the molecule is COc1cccc(Oc2cccc(N(C)C)c2)c1[C@@H](C)N. The first-order chi connectivity index (χ1) is 10.0. The third-order valence-corrected chi connectivity index (χ3v) is 3.26. The highest BCUT2D eigenvalue weighted by Gasteiger charge is 2.15. The third-order valence-electron chi connectivity index (χ3n) is 3.26. The molecule has 0 amide bonds. The van der Waals surface area contributed by atoms with Gasteiger partial charge in [-0.15, -0.1) is 0 Å². The van der Waals surface area contributed by atoms with E-state index in [1.165, 1.54) is 0 Å². The number of rotatable bonds is 5. The van der Waals surface area contributed by atoms with Gasteiger partial charge in [-0.05, 0) is 31.2 Å². The van der Waals surface area contributed by atoms with Crippen molar-refractivity contribution >= 4 is 5.69 Å². The molecule has 0 fully saturated rings. The summed E-state index contributed by atoms with van der Waals surface area (Å²) in [5.41, 5.74) is 8.01. The van der Waals surface area contributed by atoms with Crippen LogP contribution >= 0.6 is 0 Å². The second-order valence-corrected chi connectivity index (χ2v) is 5.15. The minimum atomic E-state index is -0.173. The average molecular weight is 286 g/mol. The minimum Gasteiger partial charge on any atom is -0.496 e. The van der Waals surface area contributed by atoms with Crippen LogP contribution in [0.15, 0.2) is 42.5 Å². The first kappa shape index (κ1) is 15.2. The molecule has 4 heteroatoms. The van der Waals surface area contributed by atoms with Crippen molar-refractivity contribution in [3.63, 3.8) is 0 Å². The Bertz CT molecular complexity index is 609. The van der Waals surface area contributed by atoms with Crippen molar-refractivity contribution in [3.05, 3.63) is 48.0 Å². The van der Waals surface area contributed by atoms with Crippen molar-refractivity contribution in [2.75, 3.05) is 26.1 Å². The van der Waals surface area contributed by atoms with E-state index in [9.17, 15) is 0 Å². The first-order valence-electron chi connectivity index (χ1n) is 6.90. The number of methoxy groups -OCH3 is 1. The molecule has 0 saturated heterocycles. The van der Waals surface area contributed by atoms with Crippen molar-refractivity contribution in [2.45, 2.75) is 13.0 Å². The van der Waals surface area contributed by atoms with E-state index >= 15 is 0 Å². The molecule has 0 bridgehead atoms. The van der Waals surface area contributed by atoms with Gasteiger partial charge in [-0.3, -0.25) is 0 Å². The second kappa shape index (κ2) is 6.50.